The van der Waals surface area contributed by atoms with Crippen molar-refractivity contribution < 1.29 is 4.79 Å². The van der Waals surface area contributed by atoms with Crippen LogP contribution in [-0.2, 0) is 12.8 Å². The van der Waals surface area contributed by atoms with Crippen molar-refractivity contribution in [2.24, 2.45) is 0 Å². The first-order chi connectivity index (χ1) is 10.2. The van der Waals surface area contributed by atoms with Gasteiger partial charge in [-0.25, -0.2) is 9.97 Å². The smallest absolute Gasteiger partial charge is 0.271 e. The van der Waals surface area contributed by atoms with Crippen LogP contribution in [0.1, 0.15) is 39.5 Å². The van der Waals surface area contributed by atoms with Crippen molar-refractivity contribution in [3.63, 3.8) is 0 Å². The van der Waals surface area contributed by atoms with Crippen LogP contribution in [0.15, 0.2) is 0 Å². The number of aryl methyl sites for hydroxylation is 2. The van der Waals surface area contributed by atoms with E-state index >= 15 is 0 Å². The van der Waals surface area contributed by atoms with E-state index in [1.807, 2.05) is 0 Å². The number of nitrogens with zero attached hydrogens (tertiary/aromatic N) is 2. The molecule has 6 nitrogen and oxygen atoms in total. The van der Waals surface area contributed by atoms with Gasteiger partial charge in [0.1, 0.15) is 10.7 Å². The van der Waals surface area contributed by atoms with Crippen molar-refractivity contribution in [1.82, 2.24) is 9.97 Å². The summed E-state index contributed by atoms with van der Waals surface area (Å²) >= 11 is 2.87. The third kappa shape index (κ3) is 2.60. The summed E-state index contributed by atoms with van der Waals surface area (Å²) in [5.74, 6) is 0.0611. The molecule has 1 amide bonds. The highest BCUT2D eigenvalue weighted by molar-refractivity contribution is 7.18. The van der Waals surface area contributed by atoms with Crippen molar-refractivity contribution in [3.05, 3.63) is 15.4 Å². The molecule has 2 aromatic rings. The predicted octanol–water partition coefficient (Wildman–Crippen LogP) is 2.50. The van der Waals surface area contributed by atoms with E-state index in [9.17, 15) is 4.79 Å². The molecule has 1 saturated carbocycles. The van der Waals surface area contributed by atoms with Crippen LogP contribution < -0.4 is 16.4 Å². The molecule has 1 fully saturated rings. The molecule has 0 aliphatic heterocycles. The summed E-state index contributed by atoms with van der Waals surface area (Å²) in [4.78, 5) is 22.7. The molecule has 0 spiro atoms. The molecule has 2 aliphatic carbocycles. The van der Waals surface area contributed by atoms with Gasteiger partial charge in [0.2, 0.25) is 0 Å². The van der Waals surface area contributed by atoms with Crippen LogP contribution in [0.4, 0.5) is 16.1 Å². The number of hydrogen-bond donors (Lipinski definition) is 3. The first kappa shape index (κ1) is 13.0. The van der Waals surface area contributed by atoms with Crippen molar-refractivity contribution in [2.45, 2.75) is 38.1 Å². The fourth-order valence-corrected chi connectivity index (χ4v) is 4.26. The number of nitrogen functional groups attached to an aromatic ring is 1. The minimum absolute atomic E-state index is 0.221. The highest BCUT2D eigenvalue weighted by atomic mass is 32.1. The number of amides is 1. The van der Waals surface area contributed by atoms with E-state index in [1.165, 1.54) is 22.6 Å². The Balaban J connectivity index is 1.49. The third-order valence-electron chi connectivity index (χ3n) is 3.58. The Hall–Kier alpha value is -1.67. The van der Waals surface area contributed by atoms with Crippen molar-refractivity contribution in [1.29, 1.82) is 0 Å². The van der Waals surface area contributed by atoms with Crippen LogP contribution in [0.3, 0.4) is 0 Å². The molecule has 4 N–H and O–H groups in total. The predicted molar refractivity (Wildman–Crippen MR) is 85.3 cm³/mol. The van der Waals surface area contributed by atoms with Gasteiger partial charge in [-0.3, -0.25) is 10.1 Å². The van der Waals surface area contributed by atoms with Crippen LogP contribution in [0, 0.1) is 0 Å². The quantitative estimate of drug-likeness (QED) is 0.804. The van der Waals surface area contributed by atoms with Gasteiger partial charge in [0.25, 0.3) is 5.91 Å². The lowest BCUT2D eigenvalue weighted by atomic mass is 10.4. The summed E-state index contributed by atoms with van der Waals surface area (Å²) in [5, 5.41) is 7.49. The van der Waals surface area contributed by atoms with Gasteiger partial charge in [-0.1, -0.05) is 11.3 Å². The minimum Gasteiger partial charge on any atom is -0.382 e. The SMILES string of the molecule is Nc1nc(NC2CC2)sc1C(=O)Nc1nc2c(s1)CCC2. The van der Waals surface area contributed by atoms with E-state index < -0.39 is 0 Å². The van der Waals surface area contributed by atoms with E-state index in [2.05, 4.69) is 20.6 Å². The van der Waals surface area contributed by atoms with Crippen LogP contribution in [0.25, 0.3) is 0 Å². The maximum atomic E-state index is 12.3. The number of hydrogen-bond acceptors (Lipinski definition) is 7. The van der Waals surface area contributed by atoms with Gasteiger partial charge < -0.3 is 11.1 Å². The Morgan fingerprint density at radius 2 is 2.05 bits per heavy atom. The largest absolute Gasteiger partial charge is 0.382 e. The first-order valence-electron chi connectivity index (χ1n) is 7.02. The average Bonchev–Trinajstić information content (AvgIpc) is 2.82. The molecule has 0 saturated heterocycles. The van der Waals surface area contributed by atoms with Crippen molar-refractivity contribution >= 4 is 44.7 Å². The number of rotatable bonds is 4. The van der Waals surface area contributed by atoms with Gasteiger partial charge in [0, 0.05) is 10.9 Å². The number of nitrogens with one attached hydrogen (secondary N) is 2. The lowest BCUT2D eigenvalue weighted by Crippen LogP contribution is -2.12. The summed E-state index contributed by atoms with van der Waals surface area (Å²) in [5.41, 5.74) is 6.97. The second kappa shape index (κ2) is 4.96. The zero-order chi connectivity index (χ0) is 14.4. The number of aromatic nitrogens is 2. The van der Waals surface area contributed by atoms with E-state index in [0.29, 0.717) is 16.1 Å². The fraction of sp³-hybridized carbons (Fsp3) is 0.462. The summed E-state index contributed by atoms with van der Waals surface area (Å²) in [7, 11) is 0. The second-order valence-corrected chi connectivity index (χ2v) is 7.43. The summed E-state index contributed by atoms with van der Waals surface area (Å²) in [6.07, 6.45) is 5.57. The normalized spacial score (nSPS) is 16.8. The lowest BCUT2D eigenvalue weighted by molar-refractivity contribution is 0.103. The van der Waals surface area contributed by atoms with Gasteiger partial charge in [-0.2, -0.15) is 0 Å². The molecule has 0 aromatic carbocycles. The second-order valence-electron chi connectivity index (χ2n) is 5.35. The minimum atomic E-state index is -0.221. The Morgan fingerprint density at radius 1 is 1.19 bits per heavy atom. The van der Waals surface area contributed by atoms with Gasteiger partial charge in [0.15, 0.2) is 10.3 Å². The molecule has 2 aromatic heterocycles. The Kier molecular flexibility index (Phi) is 3.07. The van der Waals surface area contributed by atoms with Crippen molar-refractivity contribution in [2.75, 3.05) is 16.4 Å². The standard InChI is InChI=1S/C13H15N5OS2/c14-10-9(21-12(17-10)15-6-4-5-6)11(19)18-13-16-7-2-1-3-8(7)20-13/h6H,1-5,14H2,(H,15,17)(H,16,18,19). The summed E-state index contributed by atoms with van der Waals surface area (Å²) < 4.78 is 0. The summed E-state index contributed by atoms with van der Waals surface area (Å²) in [6, 6.07) is 0.494. The molecular formula is C13H15N5OS2. The van der Waals surface area contributed by atoms with Gasteiger partial charge in [0.05, 0.1) is 5.69 Å². The highest BCUT2D eigenvalue weighted by Crippen LogP contribution is 2.33. The molecule has 0 radical (unpaired) electrons. The Morgan fingerprint density at radius 3 is 2.81 bits per heavy atom. The van der Waals surface area contributed by atoms with E-state index in [1.54, 1.807) is 11.3 Å². The fourth-order valence-electron chi connectivity index (χ4n) is 2.36. The van der Waals surface area contributed by atoms with Gasteiger partial charge >= 0.3 is 0 Å². The van der Waals surface area contributed by atoms with Crippen LogP contribution in [0.2, 0.25) is 0 Å². The Labute approximate surface area is 129 Å². The molecule has 0 unspecified atom stereocenters. The Bertz CT molecular complexity index is 682. The molecule has 0 atom stereocenters. The number of nitrogens with two attached hydrogens (primary N) is 1. The average molecular weight is 321 g/mol. The van der Waals surface area contributed by atoms with E-state index in [-0.39, 0.29) is 11.7 Å². The monoisotopic (exact) mass is 321 g/mol. The maximum Gasteiger partial charge on any atom is 0.271 e. The number of thiazole rings is 2. The van der Waals surface area contributed by atoms with Crippen molar-refractivity contribution in [3.8, 4) is 0 Å². The van der Waals surface area contributed by atoms with Gasteiger partial charge in [-0.15, -0.1) is 11.3 Å². The third-order valence-corrected chi connectivity index (χ3v) is 5.65. The number of fused-ring (bicyclic) bond motifs is 1. The zero-order valence-corrected chi connectivity index (χ0v) is 12.9. The molecule has 0 bridgehead atoms. The number of anilines is 3. The lowest BCUT2D eigenvalue weighted by Gasteiger charge is -1.99. The van der Waals surface area contributed by atoms with E-state index in [0.717, 1.165) is 36.5 Å². The number of carbonyl (C=O) groups is 1. The molecule has 8 heteroatoms. The molecule has 4 rings (SSSR count). The van der Waals surface area contributed by atoms with Crippen LogP contribution in [0.5, 0.6) is 0 Å². The molecule has 2 aliphatic rings. The van der Waals surface area contributed by atoms with Crippen LogP contribution in [-0.4, -0.2) is 21.9 Å². The highest BCUT2D eigenvalue weighted by Gasteiger charge is 2.25. The summed E-state index contributed by atoms with van der Waals surface area (Å²) in [6.45, 7) is 0. The number of carbonyl (C=O) groups excluding carboxylic acids is 1. The molecule has 110 valence electrons. The molecule has 21 heavy (non-hydrogen) atoms. The maximum absolute atomic E-state index is 12.3. The van der Waals surface area contributed by atoms with Crippen LogP contribution >= 0.6 is 22.7 Å². The zero-order valence-electron chi connectivity index (χ0n) is 11.3. The van der Waals surface area contributed by atoms with E-state index in [4.69, 9.17) is 5.73 Å². The first-order valence-corrected chi connectivity index (χ1v) is 8.65. The molecule has 2 heterocycles. The van der Waals surface area contributed by atoms with Gasteiger partial charge in [-0.05, 0) is 32.1 Å². The molecular weight excluding hydrogens is 306 g/mol. The topological polar surface area (TPSA) is 92.9 Å².